The molecule has 0 aliphatic heterocycles. The largest absolute Gasteiger partial charge is 0.485 e. The number of amides is 1. The summed E-state index contributed by atoms with van der Waals surface area (Å²) in [5.74, 6) is 1.68. The number of alkyl carbamates (subject to hydrolysis) is 1. The van der Waals surface area contributed by atoms with E-state index in [1.807, 2.05) is 123 Å². The first kappa shape index (κ1) is 27.9. The highest BCUT2D eigenvalue weighted by Crippen LogP contribution is 2.28. The number of benzene rings is 4. The fourth-order valence-corrected chi connectivity index (χ4v) is 4.30. The van der Waals surface area contributed by atoms with Crippen LogP contribution in [0.25, 0.3) is 0 Å². The number of rotatable bonds is 13. The summed E-state index contributed by atoms with van der Waals surface area (Å²) in [4.78, 5) is 11.4. The molecule has 0 aliphatic carbocycles. The molecule has 1 amide bonds. The highest BCUT2D eigenvalue weighted by atomic mass is 16.5. The second kappa shape index (κ2) is 18.2. The lowest BCUT2D eigenvalue weighted by Gasteiger charge is -2.21. The van der Waals surface area contributed by atoms with E-state index in [9.17, 15) is 4.79 Å². The number of ether oxygens (including phenoxy) is 3. The van der Waals surface area contributed by atoms with Crippen LogP contribution in [0.3, 0.4) is 0 Å². The van der Waals surface area contributed by atoms with Crippen molar-refractivity contribution < 1.29 is 23.1 Å². The molecule has 0 saturated carbocycles. The molecule has 0 heterocycles. The predicted octanol–water partition coefficient (Wildman–Crippen LogP) is 7.98. The van der Waals surface area contributed by atoms with Crippen molar-refractivity contribution in [3.63, 3.8) is 0 Å². The van der Waals surface area contributed by atoms with Crippen LogP contribution in [0.15, 0.2) is 109 Å². The molecule has 2 atom stereocenters. The van der Waals surface area contributed by atoms with Gasteiger partial charge in [-0.3, -0.25) is 0 Å². The minimum absolute atomic E-state index is 0.126. The van der Waals surface area contributed by atoms with Gasteiger partial charge < -0.3 is 24.8 Å². The summed E-state index contributed by atoms with van der Waals surface area (Å²) in [5.41, 5.74) is 4.28. The lowest BCUT2D eigenvalue weighted by Crippen LogP contribution is -2.27. The molecular formula is C36H44N2O4. The summed E-state index contributed by atoms with van der Waals surface area (Å²) in [6.45, 7) is 4.91. The van der Waals surface area contributed by atoms with E-state index in [1.165, 1.54) is 0 Å². The number of para-hydroxylation sites is 2. The van der Waals surface area contributed by atoms with Gasteiger partial charge in [0.2, 0.25) is 0 Å². The Kier molecular flexibility index (Phi) is 12.1. The molecule has 2 unspecified atom stereocenters. The molecule has 6 heteroatoms. The van der Waals surface area contributed by atoms with Crippen LogP contribution in [0.1, 0.15) is 58.3 Å². The van der Waals surface area contributed by atoms with Gasteiger partial charge in [0, 0.05) is 23.5 Å². The number of carbonyl (C=O) groups excluding carboxylic acids is 1. The Morgan fingerprint density at radius 2 is 1.14 bits per heavy atom. The fraction of sp³-hybridized carbons (Fsp3) is 0.306. The average Bonchev–Trinajstić information content (AvgIpc) is 3.03. The van der Waals surface area contributed by atoms with E-state index in [4.69, 9.17) is 18.3 Å². The SMILES string of the molecule is CCOC(=O)NCCC(Oc1ccccc1C)c1ccccc1.[2H]C([2H])([2H])NCCC(Oc1ccccc1C)c1ccccc1. The van der Waals surface area contributed by atoms with Crippen molar-refractivity contribution in [2.75, 3.05) is 26.7 Å². The third-order valence-corrected chi connectivity index (χ3v) is 6.55. The maximum Gasteiger partial charge on any atom is 0.407 e. The van der Waals surface area contributed by atoms with Gasteiger partial charge in [0.1, 0.15) is 23.7 Å². The van der Waals surface area contributed by atoms with Crippen LogP contribution in [-0.4, -0.2) is 32.8 Å². The average molecular weight is 572 g/mol. The van der Waals surface area contributed by atoms with E-state index in [0.29, 0.717) is 32.5 Å². The van der Waals surface area contributed by atoms with Gasteiger partial charge in [-0.15, -0.1) is 0 Å². The fourth-order valence-electron chi connectivity index (χ4n) is 4.30. The van der Waals surface area contributed by atoms with Gasteiger partial charge in [-0.25, -0.2) is 4.79 Å². The minimum Gasteiger partial charge on any atom is -0.485 e. The Morgan fingerprint density at radius 3 is 1.60 bits per heavy atom. The van der Waals surface area contributed by atoms with Gasteiger partial charge in [-0.1, -0.05) is 97.1 Å². The Hall–Kier alpha value is -4.29. The molecule has 2 N–H and O–H groups in total. The number of hydrogen-bond acceptors (Lipinski definition) is 5. The topological polar surface area (TPSA) is 68.8 Å². The minimum atomic E-state index is -2.12. The second-order valence-electron chi connectivity index (χ2n) is 9.72. The molecule has 0 spiro atoms. The van der Waals surface area contributed by atoms with Crippen LogP contribution in [0, 0.1) is 13.8 Å². The normalized spacial score (nSPS) is 13.2. The number of carbonyl (C=O) groups is 1. The Bertz CT molecular complexity index is 1420. The first-order valence-corrected chi connectivity index (χ1v) is 14.4. The standard InChI is InChI=1S/C19H23NO3.C17H21NO/c1-3-22-19(21)20-14-13-18(16-10-5-4-6-11-16)23-17-12-8-7-9-15(17)2;1-14-8-6-7-11-16(14)19-17(12-13-18-2)15-9-4-3-5-10-15/h4-12,18H,3,13-14H2,1-2H3,(H,20,21);3-11,17-18H,12-13H2,1-2H3/i;2D3. The van der Waals surface area contributed by atoms with Crippen molar-refractivity contribution in [3.05, 3.63) is 131 Å². The van der Waals surface area contributed by atoms with Crippen molar-refractivity contribution in [2.24, 2.45) is 0 Å². The van der Waals surface area contributed by atoms with Gasteiger partial charge in [0.05, 0.1) is 6.61 Å². The third kappa shape index (κ3) is 10.9. The molecule has 4 aromatic carbocycles. The maximum atomic E-state index is 11.4. The molecule has 0 bridgehead atoms. The highest BCUT2D eigenvalue weighted by molar-refractivity contribution is 5.66. The second-order valence-corrected chi connectivity index (χ2v) is 9.72. The third-order valence-electron chi connectivity index (χ3n) is 6.55. The summed E-state index contributed by atoms with van der Waals surface area (Å²) in [7, 11) is 0. The van der Waals surface area contributed by atoms with Crippen LogP contribution in [0.4, 0.5) is 4.79 Å². The van der Waals surface area contributed by atoms with Crippen molar-refractivity contribution in [1.29, 1.82) is 0 Å². The Labute approximate surface area is 255 Å². The monoisotopic (exact) mass is 571 g/mol. The molecule has 0 radical (unpaired) electrons. The summed E-state index contributed by atoms with van der Waals surface area (Å²) >= 11 is 0. The van der Waals surface area contributed by atoms with E-state index in [-0.39, 0.29) is 12.2 Å². The molecule has 4 aromatic rings. The molecular weight excluding hydrogens is 524 g/mol. The summed E-state index contributed by atoms with van der Waals surface area (Å²) in [6.07, 6.45) is 0.542. The van der Waals surface area contributed by atoms with Crippen molar-refractivity contribution in [3.8, 4) is 11.5 Å². The van der Waals surface area contributed by atoms with Gasteiger partial charge in [0.25, 0.3) is 0 Å². The Morgan fingerprint density at radius 1 is 0.690 bits per heavy atom. The van der Waals surface area contributed by atoms with Gasteiger partial charge in [-0.2, -0.15) is 0 Å². The first-order valence-electron chi connectivity index (χ1n) is 15.9. The molecule has 222 valence electrons. The van der Waals surface area contributed by atoms with Crippen LogP contribution in [0.2, 0.25) is 0 Å². The maximum absolute atomic E-state index is 11.4. The van der Waals surface area contributed by atoms with Gasteiger partial charge in [-0.05, 0) is 68.7 Å². The molecule has 0 saturated heterocycles. The molecule has 6 nitrogen and oxygen atoms in total. The summed E-state index contributed by atoms with van der Waals surface area (Å²) < 4.78 is 38.8. The van der Waals surface area contributed by atoms with Gasteiger partial charge in [0.15, 0.2) is 0 Å². The van der Waals surface area contributed by atoms with Crippen molar-refractivity contribution >= 4 is 6.09 Å². The lowest BCUT2D eigenvalue weighted by molar-refractivity contribution is 0.147. The van der Waals surface area contributed by atoms with Crippen LogP contribution in [0.5, 0.6) is 11.5 Å². The zero-order valence-electron chi connectivity index (χ0n) is 27.7. The summed E-state index contributed by atoms with van der Waals surface area (Å²) in [6, 6.07) is 35.7. The molecule has 0 aromatic heterocycles. The van der Waals surface area contributed by atoms with Crippen molar-refractivity contribution in [2.45, 2.75) is 45.8 Å². The zero-order valence-corrected chi connectivity index (χ0v) is 24.7. The van der Waals surface area contributed by atoms with Crippen LogP contribution in [-0.2, 0) is 4.74 Å². The predicted molar refractivity (Wildman–Crippen MR) is 170 cm³/mol. The summed E-state index contributed by atoms with van der Waals surface area (Å²) in [5, 5.41) is 5.29. The highest BCUT2D eigenvalue weighted by Gasteiger charge is 2.15. The van der Waals surface area contributed by atoms with E-state index < -0.39 is 13.1 Å². The lowest BCUT2D eigenvalue weighted by atomic mass is 10.1. The van der Waals surface area contributed by atoms with Gasteiger partial charge >= 0.3 is 6.09 Å². The van der Waals surface area contributed by atoms with E-state index in [0.717, 1.165) is 33.8 Å². The number of hydrogen-bond donors (Lipinski definition) is 2. The van der Waals surface area contributed by atoms with Crippen molar-refractivity contribution in [1.82, 2.24) is 10.6 Å². The van der Waals surface area contributed by atoms with E-state index in [1.54, 1.807) is 6.92 Å². The first-order chi connectivity index (χ1) is 21.7. The van der Waals surface area contributed by atoms with Crippen LogP contribution < -0.4 is 20.1 Å². The van der Waals surface area contributed by atoms with Crippen LogP contribution >= 0.6 is 0 Å². The molecule has 0 aliphatic rings. The van der Waals surface area contributed by atoms with E-state index >= 15 is 0 Å². The van der Waals surface area contributed by atoms with E-state index in [2.05, 4.69) is 10.6 Å². The smallest absolute Gasteiger partial charge is 0.407 e. The number of aryl methyl sites for hydroxylation is 2. The zero-order chi connectivity index (χ0) is 32.5. The Balaban J connectivity index is 0.000000246. The number of nitrogens with one attached hydrogen (secondary N) is 2. The molecule has 4 rings (SSSR count). The quantitative estimate of drug-likeness (QED) is 0.170. The molecule has 0 fully saturated rings. The molecule has 42 heavy (non-hydrogen) atoms.